The predicted octanol–water partition coefficient (Wildman–Crippen LogP) is -1.99. The average Bonchev–Trinajstić information content (AvgIpc) is 2.99. The summed E-state index contributed by atoms with van der Waals surface area (Å²) in [5, 5.41) is 8.39. The second kappa shape index (κ2) is 6.63. The number of aliphatic hydroxyl groups excluding tert-OH is 1. The number of likely N-dealkylation sites (tertiary alicyclic amines) is 1. The average molecular weight is 388 g/mol. The summed E-state index contributed by atoms with van der Waals surface area (Å²) in [4.78, 5) is 38.7. The number of aliphatic hydroxyl groups is 1. The lowest BCUT2D eigenvalue weighted by molar-refractivity contribution is -0.161. The molecule has 1 N–H and O–H groups in total. The monoisotopic (exact) mass is 388 g/mol. The van der Waals surface area contributed by atoms with Crippen molar-refractivity contribution in [2.45, 2.75) is 30.9 Å². The summed E-state index contributed by atoms with van der Waals surface area (Å²) in [6, 6.07) is 0. The SMILES string of the molecule is CO[C@H]1C(=O)N2C(C(=O)N3CCC(O)C3)=C(COC(C)=O)CS(=O)(=O)[C@H]12. The predicted molar refractivity (Wildman–Crippen MR) is 86.1 cm³/mol. The number of hydrogen-bond donors (Lipinski definition) is 1. The van der Waals surface area contributed by atoms with Gasteiger partial charge in [-0.05, 0) is 6.42 Å². The molecule has 3 rings (SSSR count). The second-order valence-corrected chi connectivity index (χ2v) is 8.59. The molecular weight excluding hydrogens is 368 g/mol. The van der Waals surface area contributed by atoms with Crippen molar-refractivity contribution in [2.24, 2.45) is 0 Å². The highest BCUT2D eigenvalue weighted by Gasteiger charge is 2.60. The minimum atomic E-state index is -3.81. The van der Waals surface area contributed by atoms with E-state index < -0.39 is 57.6 Å². The summed E-state index contributed by atoms with van der Waals surface area (Å²) >= 11 is 0. The van der Waals surface area contributed by atoms with Crippen molar-refractivity contribution in [1.29, 1.82) is 0 Å². The van der Waals surface area contributed by atoms with E-state index in [1.807, 2.05) is 0 Å². The van der Waals surface area contributed by atoms with Crippen molar-refractivity contribution in [3.8, 4) is 0 Å². The molecule has 0 aromatic rings. The summed E-state index contributed by atoms with van der Waals surface area (Å²) in [5.41, 5.74) is -0.0517. The van der Waals surface area contributed by atoms with Crippen molar-refractivity contribution >= 4 is 27.6 Å². The zero-order valence-corrected chi connectivity index (χ0v) is 15.2. The van der Waals surface area contributed by atoms with Gasteiger partial charge in [0.2, 0.25) is 0 Å². The topological polar surface area (TPSA) is 131 Å². The smallest absolute Gasteiger partial charge is 0.302 e. The summed E-state index contributed by atoms with van der Waals surface area (Å²) in [6.07, 6.45) is -1.44. The van der Waals surface area contributed by atoms with Crippen molar-refractivity contribution in [3.05, 3.63) is 11.3 Å². The summed E-state index contributed by atoms with van der Waals surface area (Å²) in [5.74, 6) is -2.34. The fraction of sp³-hybridized carbons (Fsp3) is 0.667. The fourth-order valence-corrected chi connectivity index (χ4v) is 5.45. The number of β-lactam (4-membered cyclic amide) rings is 1. The van der Waals surface area contributed by atoms with Crippen LogP contribution in [0.1, 0.15) is 13.3 Å². The third kappa shape index (κ3) is 2.99. The van der Waals surface area contributed by atoms with Crippen molar-refractivity contribution < 1.29 is 37.4 Å². The number of β-amino-alcohol motifs (C(OH)–C–C–N with tert-alkyl or cyclic N) is 1. The number of carbonyl (C=O) groups is 3. The lowest BCUT2D eigenvalue weighted by atomic mass is 10.0. The van der Waals surface area contributed by atoms with Crippen LogP contribution in [-0.2, 0) is 33.7 Å². The van der Waals surface area contributed by atoms with Crippen molar-refractivity contribution in [2.75, 3.05) is 32.6 Å². The van der Waals surface area contributed by atoms with E-state index in [1.54, 1.807) is 0 Å². The molecule has 26 heavy (non-hydrogen) atoms. The molecule has 3 atom stereocenters. The van der Waals surface area contributed by atoms with E-state index in [2.05, 4.69) is 0 Å². The number of carbonyl (C=O) groups excluding carboxylic acids is 3. The van der Waals surface area contributed by atoms with Crippen LogP contribution in [0.5, 0.6) is 0 Å². The van der Waals surface area contributed by atoms with Crippen LogP contribution in [0.25, 0.3) is 0 Å². The van der Waals surface area contributed by atoms with E-state index in [0.29, 0.717) is 6.42 Å². The molecule has 0 spiro atoms. The Balaban J connectivity index is 2.01. The third-order valence-electron chi connectivity index (χ3n) is 4.67. The molecule has 0 aromatic heterocycles. The maximum Gasteiger partial charge on any atom is 0.302 e. The number of nitrogens with zero attached hydrogens (tertiary/aromatic N) is 2. The van der Waals surface area contributed by atoms with Crippen LogP contribution in [-0.4, -0.2) is 91.2 Å². The first-order valence-electron chi connectivity index (χ1n) is 8.07. The van der Waals surface area contributed by atoms with E-state index in [1.165, 1.54) is 12.0 Å². The molecule has 3 aliphatic rings. The van der Waals surface area contributed by atoms with Gasteiger partial charge in [0, 0.05) is 32.7 Å². The van der Waals surface area contributed by atoms with Gasteiger partial charge in [-0.15, -0.1) is 0 Å². The van der Waals surface area contributed by atoms with Crippen LogP contribution in [0.3, 0.4) is 0 Å². The number of esters is 1. The molecule has 0 aliphatic carbocycles. The summed E-state index contributed by atoms with van der Waals surface area (Å²) < 4.78 is 34.9. The first-order valence-corrected chi connectivity index (χ1v) is 9.79. The van der Waals surface area contributed by atoms with Gasteiger partial charge in [0.05, 0.1) is 11.9 Å². The van der Waals surface area contributed by atoms with Crippen molar-refractivity contribution in [1.82, 2.24) is 9.80 Å². The lowest BCUT2D eigenvalue weighted by Gasteiger charge is -2.49. The molecule has 2 saturated heterocycles. The number of sulfone groups is 1. The molecule has 10 nitrogen and oxygen atoms in total. The van der Waals surface area contributed by atoms with Gasteiger partial charge in [-0.25, -0.2) is 8.42 Å². The van der Waals surface area contributed by atoms with Gasteiger partial charge in [0.25, 0.3) is 11.8 Å². The highest BCUT2D eigenvalue weighted by Crippen LogP contribution is 2.39. The first kappa shape index (κ1) is 18.8. The second-order valence-electron chi connectivity index (χ2n) is 6.49. The maximum atomic E-state index is 12.9. The quantitative estimate of drug-likeness (QED) is 0.433. The van der Waals surface area contributed by atoms with E-state index >= 15 is 0 Å². The van der Waals surface area contributed by atoms with E-state index in [0.717, 1.165) is 11.8 Å². The van der Waals surface area contributed by atoms with Gasteiger partial charge in [-0.2, -0.15) is 0 Å². The molecule has 0 bridgehead atoms. The van der Waals surface area contributed by atoms with E-state index in [4.69, 9.17) is 9.47 Å². The molecule has 1 unspecified atom stereocenters. The van der Waals surface area contributed by atoms with Gasteiger partial charge in [0.15, 0.2) is 21.3 Å². The lowest BCUT2D eigenvalue weighted by Crippen LogP contribution is -2.71. The van der Waals surface area contributed by atoms with Crippen LogP contribution < -0.4 is 0 Å². The van der Waals surface area contributed by atoms with Gasteiger partial charge < -0.3 is 19.5 Å². The van der Waals surface area contributed by atoms with Crippen LogP contribution >= 0.6 is 0 Å². The van der Waals surface area contributed by atoms with Gasteiger partial charge in [-0.1, -0.05) is 0 Å². The van der Waals surface area contributed by atoms with Crippen LogP contribution in [0.15, 0.2) is 11.3 Å². The Hall–Kier alpha value is -1.98. The molecular formula is C15H20N2O8S. The highest BCUT2D eigenvalue weighted by molar-refractivity contribution is 7.92. The number of amides is 2. The van der Waals surface area contributed by atoms with Crippen molar-refractivity contribution in [3.63, 3.8) is 0 Å². The Bertz CT molecular complexity index is 789. The van der Waals surface area contributed by atoms with Crippen LogP contribution in [0.4, 0.5) is 0 Å². The molecule has 3 aliphatic heterocycles. The molecule has 144 valence electrons. The Labute approximate surface area is 150 Å². The number of methoxy groups -OCH3 is 1. The molecule has 3 heterocycles. The molecule has 11 heteroatoms. The number of rotatable bonds is 4. The Morgan fingerprint density at radius 1 is 1.35 bits per heavy atom. The van der Waals surface area contributed by atoms with E-state index in [9.17, 15) is 27.9 Å². The highest BCUT2D eigenvalue weighted by atomic mass is 32.2. The third-order valence-corrected chi connectivity index (χ3v) is 6.61. The standard InChI is InChI=1S/C15H20N2O8S/c1-8(18)25-6-9-7-26(22,23)15-12(24-2)14(21)17(15)11(9)13(20)16-4-3-10(19)5-16/h10,12,15,19H,3-7H2,1-2H3/t10?,12-,15+/m0/s1. The van der Waals surface area contributed by atoms with Gasteiger partial charge >= 0.3 is 5.97 Å². The summed E-state index contributed by atoms with van der Waals surface area (Å²) in [6.45, 7) is 1.14. The molecule has 0 saturated carbocycles. The molecule has 2 amide bonds. The minimum Gasteiger partial charge on any atom is -0.461 e. The van der Waals surface area contributed by atoms with Crippen LogP contribution in [0, 0.1) is 0 Å². The zero-order valence-electron chi connectivity index (χ0n) is 14.4. The number of ether oxygens (including phenoxy) is 2. The van der Waals surface area contributed by atoms with E-state index in [-0.39, 0.29) is 24.4 Å². The molecule has 0 aromatic carbocycles. The Morgan fingerprint density at radius 3 is 2.58 bits per heavy atom. The van der Waals surface area contributed by atoms with Crippen LogP contribution in [0.2, 0.25) is 0 Å². The molecule has 0 radical (unpaired) electrons. The zero-order chi connectivity index (χ0) is 19.2. The largest absolute Gasteiger partial charge is 0.461 e. The Kier molecular flexibility index (Phi) is 4.80. The molecule has 2 fully saturated rings. The first-order chi connectivity index (χ1) is 12.2. The van der Waals surface area contributed by atoms with Gasteiger partial charge in [-0.3, -0.25) is 19.3 Å². The number of hydrogen-bond acceptors (Lipinski definition) is 8. The minimum absolute atomic E-state index is 0.0470. The van der Waals surface area contributed by atoms with Gasteiger partial charge in [0.1, 0.15) is 12.3 Å². The maximum absolute atomic E-state index is 12.9. The normalized spacial score (nSPS) is 30.1. The Morgan fingerprint density at radius 2 is 2.04 bits per heavy atom. The summed E-state index contributed by atoms with van der Waals surface area (Å²) in [7, 11) is -2.58. The fourth-order valence-electron chi connectivity index (χ4n) is 3.44. The number of fused-ring (bicyclic) bond motifs is 1.